The van der Waals surface area contributed by atoms with Gasteiger partial charge in [-0.2, -0.15) is 0 Å². The van der Waals surface area contributed by atoms with Crippen LogP contribution in [-0.4, -0.2) is 4.92 Å². The lowest BCUT2D eigenvalue weighted by molar-refractivity contribution is -0.386. The molecule has 1 atom stereocenters. The van der Waals surface area contributed by atoms with Gasteiger partial charge in [0.2, 0.25) is 5.75 Å². The van der Waals surface area contributed by atoms with Crippen LogP contribution < -0.4 is 10.5 Å². The second kappa shape index (κ2) is 5.71. The van der Waals surface area contributed by atoms with Crippen molar-refractivity contribution in [2.75, 3.05) is 0 Å². The van der Waals surface area contributed by atoms with E-state index in [1.807, 2.05) is 19.1 Å². The number of ether oxygens (including phenoxy) is 1. The second-order valence-corrected chi connectivity index (χ2v) is 4.64. The predicted molar refractivity (Wildman–Crippen MR) is 77.0 cm³/mol. The number of nitro groups is 1. The van der Waals surface area contributed by atoms with Crippen molar-refractivity contribution in [3.63, 3.8) is 0 Å². The fourth-order valence-electron chi connectivity index (χ4n) is 1.91. The van der Waals surface area contributed by atoms with Crippen molar-refractivity contribution in [1.29, 1.82) is 0 Å². The summed E-state index contributed by atoms with van der Waals surface area (Å²) < 4.78 is 5.60. The molecule has 0 aliphatic rings. The standard InChI is InChI=1S/C15H16N2O3/c1-10-4-3-5-14(15(10)17(18)19)20-13-8-6-12(7-9-13)11(2)16/h3-9,11H,16H2,1-2H3/t11-/m0/s1. The molecule has 0 amide bonds. The Kier molecular flexibility index (Phi) is 4.00. The maximum absolute atomic E-state index is 11.1. The van der Waals surface area contributed by atoms with Gasteiger partial charge >= 0.3 is 5.69 Å². The number of para-hydroxylation sites is 1. The molecule has 2 N–H and O–H groups in total. The van der Waals surface area contributed by atoms with Gasteiger partial charge in [-0.05, 0) is 37.6 Å². The Bertz CT molecular complexity index is 622. The number of aryl methyl sites for hydroxylation is 1. The third-order valence-corrected chi connectivity index (χ3v) is 3.02. The van der Waals surface area contributed by atoms with Gasteiger partial charge in [0, 0.05) is 11.6 Å². The first-order chi connectivity index (χ1) is 9.49. The highest BCUT2D eigenvalue weighted by Crippen LogP contribution is 2.34. The number of hydrogen-bond donors (Lipinski definition) is 1. The van der Waals surface area contributed by atoms with E-state index in [0.717, 1.165) is 5.56 Å². The maximum atomic E-state index is 11.1. The monoisotopic (exact) mass is 272 g/mol. The van der Waals surface area contributed by atoms with Crippen LogP contribution in [0.5, 0.6) is 11.5 Å². The van der Waals surface area contributed by atoms with E-state index in [4.69, 9.17) is 10.5 Å². The molecule has 0 unspecified atom stereocenters. The average molecular weight is 272 g/mol. The fraction of sp³-hybridized carbons (Fsp3) is 0.200. The Morgan fingerprint density at radius 2 is 1.85 bits per heavy atom. The van der Waals surface area contributed by atoms with Gasteiger partial charge in [-0.25, -0.2) is 0 Å². The molecular formula is C15H16N2O3. The van der Waals surface area contributed by atoms with Crippen molar-refractivity contribution < 1.29 is 9.66 Å². The van der Waals surface area contributed by atoms with E-state index in [-0.39, 0.29) is 17.5 Å². The molecular weight excluding hydrogens is 256 g/mol. The first kappa shape index (κ1) is 14.0. The molecule has 2 aromatic carbocycles. The van der Waals surface area contributed by atoms with Crippen LogP contribution in [0.1, 0.15) is 24.1 Å². The zero-order valence-electron chi connectivity index (χ0n) is 11.4. The molecule has 0 radical (unpaired) electrons. The second-order valence-electron chi connectivity index (χ2n) is 4.64. The summed E-state index contributed by atoms with van der Waals surface area (Å²) in [6.07, 6.45) is 0. The van der Waals surface area contributed by atoms with E-state index in [9.17, 15) is 10.1 Å². The lowest BCUT2D eigenvalue weighted by atomic mass is 10.1. The zero-order chi connectivity index (χ0) is 14.7. The molecule has 0 aliphatic heterocycles. The van der Waals surface area contributed by atoms with Gasteiger partial charge in [0.05, 0.1) is 4.92 Å². The van der Waals surface area contributed by atoms with Gasteiger partial charge in [-0.1, -0.05) is 24.3 Å². The highest BCUT2D eigenvalue weighted by molar-refractivity contribution is 5.53. The van der Waals surface area contributed by atoms with Gasteiger partial charge in [0.15, 0.2) is 0 Å². The molecule has 5 nitrogen and oxygen atoms in total. The van der Waals surface area contributed by atoms with E-state index >= 15 is 0 Å². The maximum Gasteiger partial charge on any atom is 0.314 e. The topological polar surface area (TPSA) is 78.4 Å². The van der Waals surface area contributed by atoms with E-state index in [2.05, 4.69) is 0 Å². The molecule has 0 aliphatic carbocycles. The Labute approximate surface area is 117 Å². The van der Waals surface area contributed by atoms with Crippen LogP contribution in [0.15, 0.2) is 42.5 Å². The molecule has 0 saturated heterocycles. The smallest absolute Gasteiger partial charge is 0.314 e. The van der Waals surface area contributed by atoms with Crippen molar-refractivity contribution in [2.45, 2.75) is 19.9 Å². The van der Waals surface area contributed by atoms with E-state index in [0.29, 0.717) is 11.3 Å². The molecule has 0 spiro atoms. The number of benzene rings is 2. The number of nitrogens with two attached hydrogens (primary N) is 1. The summed E-state index contributed by atoms with van der Waals surface area (Å²) in [4.78, 5) is 10.7. The van der Waals surface area contributed by atoms with Gasteiger partial charge in [-0.3, -0.25) is 10.1 Å². The largest absolute Gasteiger partial charge is 0.450 e. The van der Waals surface area contributed by atoms with E-state index < -0.39 is 4.92 Å². The summed E-state index contributed by atoms with van der Waals surface area (Å²) >= 11 is 0. The molecule has 0 saturated carbocycles. The number of nitro benzene ring substituents is 1. The first-order valence-electron chi connectivity index (χ1n) is 6.26. The van der Waals surface area contributed by atoms with Crippen LogP contribution in [0.25, 0.3) is 0 Å². The third-order valence-electron chi connectivity index (χ3n) is 3.02. The van der Waals surface area contributed by atoms with Gasteiger partial charge in [-0.15, -0.1) is 0 Å². The molecule has 5 heteroatoms. The minimum atomic E-state index is -0.430. The molecule has 2 rings (SSSR count). The van der Waals surface area contributed by atoms with Gasteiger partial charge in [0.25, 0.3) is 0 Å². The van der Waals surface area contributed by atoms with Gasteiger partial charge in [0.1, 0.15) is 5.75 Å². The molecule has 20 heavy (non-hydrogen) atoms. The first-order valence-corrected chi connectivity index (χ1v) is 6.26. The molecule has 104 valence electrons. The van der Waals surface area contributed by atoms with Gasteiger partial charge < -0.3 is 10.5 Å². The number of nitrogens with zero attached hydrogens (tertiary/aromatic N) is 1. The highest BCUT2D eigenvalue weighted by Gasteiger charge is 2.18. The van der Waals surface area contributed by atoms with E-state index in [1.165, 1.54) is 0 Å². The number of rotatable bonds is 4. The Hall–Kier alpha value is -2.40. The van der Waals surface area contributed by atoms with Crippen LogP contribution in [-0.2, 0) is 0 Å². The van der Waals surface area contributed by atoms with E-state index in [1.54, 1.807) is 37.3 Å². The zero-order valence-corrected chi connectivity index (χ0v) is 11.4. The summed E-state index contributed by atoms with van der Waals surface area (Å²) in [5.41, 5.74) is 7.31. The van der Waals surface area contributed by atoms with Crippen molar-refractivity contribution in [2.24, 2.45) is 5.73 Å². The average Bonchev–Trinajstić information content (AvgIpc) is 2.39. The van der Waals surface area contributed by atoms with Crippen LogP contribution in [0.4, 0.5) is 5.69 Å². The summed E-state index contributed by atoms with van der Waals surface area (Å²) in [7, 11) is 0. The van der Waals surface area contributed by atoms with Crippen LogP contribution in [0.3, 0.4) is 0 Å². The molecule has 0 aromatic heterocycles. The molecule has 2 aromatic rings. The lowest BCUT2D eigenvalue weighted by Gasteiger charge is -2.09. The normalized spacial score (nSPS) is 11.9. The highest BCUT2D eigenvalue weighted by atomic mass is 16.6. The predicted octanol–water partition coefficient (Wildman–Crippen LogP) is 3.72. The summed E-state index contributed by atoms with van der Waals surface area (Å²) in [6, 6.07) is 12.2. The Balaban J connectivity index is 2.30. The SMILES string of the molecule is Cc1cccc(Oc2ccc([C@H](C)N)cc2)c1[N+](=O)[O-]. The summed E-state index contributed by atoms with van der Waals surface area (Å²) in [5, 5.41) is 11.1. The molecule has 0 heterocycles. The van der Waals surface area contributed by atoms with Crippen molar-refractivity contribution in [3.8, 4) is 11.5 Å². The van der Waals surface area contributed by atoms with Crippen LogP contribution in [0, 0.1) is 17.0 Å². The molecule has 0 bridgehead atoms. The van der Waals surface area contributed by atoms with Crippen molar-refractivity contribution in [1.82, 2.24) is 0 Å². The quantitative estimate of drug-likeness (QED) is 0.679. The Morgan fingerprint density at radius 1 is 1.20 bits per heavy atom. The number of hydrogen-bond acceptors (Lipinski definition) is 4. The summed E-state index contributed by atoms with van der Waals surface area (Å²) in [6.45, 7) is 3.57. The minimum absolute atomic E-state index is 0.0104. The van der Waals surface area contributed by atoms with Crippen LogP contribution >= 0.6 is 0 Å². The van der Waals surface area contributed by atoms with Crippen LogP contribution in [0.2, 0.25) is 0 Å². The van der Waals surface area contributed by atoms with Crippen molar-refractivity contribution >= 4 is 5.69 Å². The lowest BCUT2D eigenvalue weighted by Crippen LogP contribution is -2.04. The van der Waals surface area contributed by atoms with Crippen molar-refractivity contribution in [3.05, 3.63) is 63.7 Å². The minimum Gasteiger partial charge on any atom is -0.450 e. The Morgan fingerprint density at radius 3 is 2.40 bits per heavy atom. The fourth-order valence-corrected chi connectivity index (χ4v) is 1.91. The molecule has 0 fully saturated rings. The summed E-state index contributed by atoms with van der Waals surface area (Å²) in [5.74, 6) is 0.784. The third kappa shape index (κ3) is 2.95.